The molecule has 2 amide bonds. The van der Waals surface area contributed by atoms with E-state index in [4.69, 9.17) is 9.47 Å². The molecule has 0 saturated carbocycles. The van der Waals surface area contributed by atoms with E-state index in [1.165, 1.54) is 4.90 Å². The number of carbonyl (C=O) groups is 2. The summed E-state index contributed by atoms with van der Waals surface area (Å²) < 4.78 is 10.9. The third kappa shape index (κ3) is 7.78. The molecule has 0 aliphatic rings. The molecule has 0 radical (unpaired) electrons. The Morgan fingerprint density at radius 2 is 1.47 bits per heavy atom. The molecule has 0 saturated heterocycles. The SMILES string of the molecule is COCCN(CC(=O)N(CCc1c[nH]c2ccccc12)Cc1ccccc1)C(=O)COCc1ccccc1. The van der Waals surface area contributed by atoms with Gasteiger partial charge in [0.05, 0.1) is 19.8 Å². The number of benzene rings is 3. The van der Waals surface area contributed by atoms with Crippen LogP contribution in [0.4, 0.5) is 0 Å². The summed E-state index contributed by atoms with van der Waals surface area (Å²) in [5.41, 5.74) is 4.27. The summed E-state index contributed by atoms with van der Waals surface area (Å²) >= 11 is 0. The van der Waals surface area contributed by atoms with E-state index in [0.29, 0.717) is 39.3 Å². The minimum atomic E-state index is -0.234. The van der Waals surface area contributed by atoms with Gasteiger partial charge in [0.15, 0.2) is 0 Å². The minimum absolute atomic E-state index is 0.0302. The predicted molar refractivity (Wildman–Crippen MR) is 148 cm³/mol. The molecule has 0 atom stereocenters. The fourth-order valence-electron chi connectivity index (χ4n) is 4.37. The Labute approximate surface area is 224 Å². The number of hydrogen-bond acceptors (Lipinski definition) is 4. The van der Waals surface area contributed by atoms with Crippen LogP contribution in [0.2, 0.25) is 0 Å². The lowest BCUT2D eigenvalue weighted by Gasteiger charge is -2.28. The van der Waals surface area contributed by atoms with Gasteiger partial charge in [0, 0.05) is 43.8 Å². The van der Waals surface area contributed by atoms with Gasteiger partial charge in [-0.25, -0.2) is 0 Å². The third-order valence-corrected chi connectivity index (χ3v) is 6.48. The van der Waals surface area contributed by atoms with E-state index in [2.05, 4.69) is 11.1 Å². The van der Waals surface area contributed by atoms with Crippen LogP contribution in [-0.4, -0.2) is 66.6 Å². The van der Waals surface area contributed by atoms with Crippen molar-refractivity contribution in [3.8, 4) is 0 Å². The van der Waals surface area contributed by atoms with E-state index in [1.54, 1.807) is 7.11 Å². The highest BCUT2D eigenvalue weighted by Gasteiger charge is 2.22. The monoisotopic (exact) mass is 513 g/mol. The summed E-state index contributed by atoms with van der Waals surface area (Å²) in [5, 5.41) is 1.16. The summed E-state index contributed by atoms with van der Waals surface area (Å²) in [7, 11) is 1.58. The number of amides is 2. The molecule has 4 aromatic rings. The largest absolute Gasteiger partial charge is 0.383 e. The highest BCUT2D eigenvalue weighted by atomic mass is 16.5. The molecule has 198 valence electrons. The van der Waals surface area contributed by atoms with Gasteiger partial charge in [-0.1, -0.05) is 78.9 Å². The molecule has 4 rings (SSSR count). The van der Waals surface area contributed by atoms with Gasteiger partial charge in [0.2, 0.25) is 11.8 Å². The first kappa shape index (κ1) is 27.1. The van der Waals surface area contributed by atoms with E-state index in [1.807, 2.05) is 90.0 Å². The van der Waals surface area contributed by atoms with Gasteiger partial charge in [-0.05, 0) is 29.2 Å². The minimum Gasteiger partial charge on any atom is -0.383 e. The second-order valence-corrected chi connectivity index (χ2v) is 9.20. The highest BCUT2D eigenvalue weighted by molar-refractivity contribution is 5.86. The number of methoxy groups -OCH3 is 1. The maximum absolute atomic E-state index is 13.6. The molecule has 38 heavy (non-hydrogen) atoms. The van der Waals surface area contributed by atoms with Gasteiger partial charge in [-0.2, -0.15) is 0 Å². The lowest BCUT2D eigenvalue weighted by atomic mass is 10.1. The standard InChI is InChI=1S/C31H35N3O4/c1-37-19-18-34(31(36)24-38-23-26-12-6-3-7-13-26)22-30(35)33(21-25-10-4-2-5-11-25)17-16-27-20-32-29-15-9-8-14-28(27)29/h2-15,20,32H,16-19,21-24H2,1H3. The maximum Gasteiger partial charge on any atom is 0.249 e. The van der Waals surface area contributed by atoms with Crippen molar-refractivity contribution in [3.63, 3.8) is 0 Å². The van der Waals surface area contributed by atoms with Crippen LogP contribution < -0.4 is 0 Å². The number of ether oxygens (including phenoxy) is 2. The van der Waals surface area contributed by atoms with Crippen molar-refractivity contribution in [2.75, 3.05) is 40.0 Å². The molecule has 7 heteroatoms. The van der Waals surface area contributed by atoms with E-state index >= 15 is 0 Å². The van der Waals surface area contributed by atoms with Crippen LogP contribution in [0, 0.1) is 0 Å². The number of carbonyl (C=O) groups excluding carboxylic acids is 2. The second-order valence-electron chi connectivity index (χ2n) is 9.20. The van der Waals surface area contributed by atoms with Gasteiger partial charge >= 0.3 is 0 Å². The topological polar surface area (TPSA) is 74.9 Å². The van der Waals surface area contributed by atoms with Crippen molar-refractivity contribution in [2.24, 2.45) is 0 Å². The lowest BCUT2D eigenvalue weighted by Crippen LogP contribution is -2.45. The van der Waals surface area contributed by atoms with Crippen LogP contribution in [-0.2, 0) is 38.6 Å². The van der Waals surface area contributed by atoms with Crippen molar-refractivity contribution in [2.45, 2.75) is 19.6 Å². The van der Waals surface area contributed by atoms with Gasteiger partial charge in [0.25, 0.3) is 0 Å². The molecule has 7 nitrogen and oxygen atoms in total. The molecule has 0 fully saturated rings. The number of aromatic amines is 1. The first-order chi connectivity index (χ1) is 18.6. The summed E-state index contributed by atoms with van der Waals surface area (Å²) in [6.45, 7) is 1.87. The number of fused-ring (bicyclic) bond motifs is 1. The Balaban J connectivity index is 1.42. The number of hydrogen-bond donors (Lipinski definition) is 1. The van der Waals surface area contributed by atoms with E-state index in [0.717, 1.165) is 27.6 Å². The third-order valence-electron chi connectivity index (χ3n) is 6.48. The van der Waals surface area contributed by atoms with Gasteiger partial charge < -0.3 is 24.3 Å². The molecule has 0 aliphatic carbocycles. The Morgan fingerprint density at radius 1 is 0.789 bits per heavy atom. The van der Waals surface area contributed by atoms with Crippen LogP contribution in [0.5, 0.6) is 0 Å². The molecule has 1 aromatic heterocycles. The molecule has 3 aromatic carbocycles. The second kappa shape index (κ2) is 14.1. The van der Waals surface area contributed by atoms with E-state index in [-0.39, 0.29) is 25.0 Å². The molecule has 1 heterocycles. The maximum atomic E-state index is 13.6. The van der Waals surface area contributed by atoms with Crippen molar-refractivity contribution in [1.82, 2.24) is 14.8 Å². The quantitative estimate of drug-likeness (QED) is 0.271. The average Bonchev–Trinajstić information content (AvgIpc) is 3.37. The fraction of sp³-hybridized carbons (Fsp3) is 0.290. The van der Waals surface area contributed by atoms with Gasteiger partial charge in [-0.15, -0.1) is 0 Å². The van der Waals surface area contributed by atoms with Crippen LogP contribution in [0.15, 0.2) is 91.1 Å². The van der Waals surface area contributed by atoms with Crippen LogP contribution in [0.3, 0.4) is 0 Å². The first-order valence-corrected chi connectivity index (χ1v) is 12.9. The zero-order chi connectivity index (χ0) is 26.6. The molecule has 0 aliphatic heterocycles. The summed E-state index contributed by atoms with van der Waals surface area (Å²) in [6.07, 6.45) is 2.71. The van der Waals surface area contributed by atoms with Crippen LogP contribution in [0.25, 0.3) is 10.9 Å². The lowest BCUT2D eigenvalue weighted by molar-refractivity contribution is -0.144. The number of nitrogens with zero attached hydrogens (tertiary/aromatic N) is 2. The Kier molecular flexibility index (Phi) is 10.1. The molecule has 0 spiro atoms. The molecular formula is C31H35N3O4. The number of aromatic nitrogens is 1. The molecular weight excluding hydrogens is 478 g/mol. The smallest absolute Gasteiger partial charge is 0.249 e. The first-order valence-electron chi connectivity index (χ1n) is 12.9. The summed E-state index contributed by atoms with van der Waals surface area (Å²) in [5.74, 6) is -0.344. The van der Waals surface area contributed by atoms with Gasteiger partial charge in [-0.3, -0.25) is 9.59 Å². The zero-order valence-corrected chi connectivity index (χ0v) is 21.8. The highest BCUT2D eigenvalue weighted by Crippen LogP contribution is 2.19. The Bertz CT molecular complexity index is 1290. The van der Waals surface area contributed by atoms with Crippen LogP contribution >= 0.6 is 0 Å². The fourth-order valence-corrected chi connectivity index (χ4v) is 4.37. The number of rotatable bonds is 14. The zero-order valence-electron chi connectivity index (χ0n) is 21.8. The molecule has 0 bridgehead atoms. The number of H-pyrrole nitrogens is 1. The van der Waals surface area contributed by atoms with Crippen molar-refractivity contribution in [1.29, 1.82) is 0 Å². The summed E-state index contributed by atoms with van der Waals surface area (Å²) in [6, 6.07) is 27.8. The van der Waals surface area contributed by atoms with Gasteiger partial charge in [0.1, 0.15) is 6.61 Å². The van der Waals surface area contributed by atoms with Crippen molar-refractivity contribution in [3.05, 3.63) is 108 Å². The molecule has 0 unspecified atom stereocenters. The van der Waals surface area contributed by atoms with E-state index < -0.39 is 0 Å². The average molecular weight is 514 g/mol. The van der Waals surface area contributed by atoms with Crippen molar-refractivity contribution >= 4 is 22.7 Å². The van der Waals surface area contributed by atoms with E-state index in [9.17, 15) is 9.59 Å². The van der Waals surface area contributed by atoms with Crippen molar-refractivity contribution < 1.29 is 19.1 Å². The summed E-state index contributed by atoms with van der Waals surface area (Å²) in [4.78, 5) is 33.3. The Hall–Kier alpha value is -3.94. The normalized spacial score (nSPS) is 11.0. The number of para-hydroxylation sites is 1. The Morgan fingerprint density at radius 3 is 2.21 bits per heavy atom. The molecule has 1 N–H and O–H groups in total. The predicted octanol–water partition coefficient (Wildman–Crippen LogP) is 4.43. The number of nitrogens with one attached hydrogen (secondary N) is 1. The van der Waals surface area contributed by atoms with Crippen LogP contribution in [0.1, 0.15) is 16.7 Å².